The summed E-state index contributed by atoms with van der Waals surface area (Å²) in [6.45, 7) is 7.28. The Morgan fingerprint density at radius 1 is 1.44 bits per heavy atom. The number of ether oxygens (including phenoxy) is 1. The molecule has 0 fully saturated rings. The first-order valence-electron chi connectivity index (χ1n) is 5.68. The van der Waals surface area contributed by atoms with Gasteiger partial charge in [0, 0.05) is 11.6 Å². The molecule has 0 unspecified atom stereocenters. The van der Waals surface area contributed by atoms with Gasteiger partial charge in [-0.1, -0.05) is 0 Å². The van der Waals surface area contributed by atoms with Crippen LogP contribution in [0.2, 0.25) is 0 Å². The molecule has 0 radical (unpaired) electrons. The number of nitrogens with zero attached hydrogens (tertiary/aromatic N) is 2. The minimum atomic E-state index is -0.557. The number of hydrogen-bond donors (Lipinski definition) is 1. The second-order valence-electron chi connectivity index (χ2n) is 5.23. The number of carbonyl (C=O) groups is 1. The SMILES string of the molecule is Cc1cn(C(=O)OC(C)(C)C)c2ncc(O)cc12. The van der Waals surface area contributed by atoms with Gasteiger partial charge in [0.15, 0.2) is 0 Å². The summed E-state index contributed by atoms with van der Waals surface area (Å²) in [6.07, 6.45) is 2.49. The fourth-order valence-electron chi connectivity index (χ4n) is 1.70. The van der Waals surface area contributed by atoms with E-state index in [0.29, 0.717) is 5.65 Å². The molecule has 0 aliphatic carbocycles. The topological polar surface area (TPSA) is 64.4 Å². The van der Waals surface area contributed by atoms with E-state index in [4.69, 9.17) is 4.74 Å². The van der Waals surface area contributed by atoms with Crippen LogP contribution in [0.5, 0.6) is 5.75 Å². The maximum absolute atomic E-state index is 12.0. The normalized spacial score (nSPS) is 11.8. The average Bonchev–Trinajstić information content (AvgIpc) is 2.54. The van der Waals surface area contributed by atoms with Gasteiger partial charge in [-0.15, -0.1) is 0 Å². The molecule has 2 aromatic heterocycles. The molecule has 0 bridgehead atoms. The van der Waals surface area contributed by atoms with Crippen LogP contribution in [0.25, 0.3) is 11.0 Å². The molecule has 2 heterocycles. The van der Waals surface area contributed by atoms with Crippen molar-refractivity contribution < 1.29 is 14.6 Å². The van der Waals surface area contributed by atoms with Crippen molar-refractivity contribution in [2.45, 2.75) is 33.3 Å². The summed E-state index contributed by atoms with van der Waals surface area (Å²) in [7, 11) is 0. The summed E-state index contributed by atoms with van der Waals surface area (Å²) < 4.78 is 6.65. The van der Waals surface area contributed by atoms with Crippen molar-refractivity contribution in [2.75, 3.05) is 0 Å². The van der Waals surface area contributed by atoms with Gasteiger partial charge in [-0.25, -0.2) is 14.3 Å². The molecule has 5 nitrogen and oxygen atoms in total. The van der Waals surface area contributed by atoms with Crippen molar-refractivity contribution >= 4 is 17.1 Å². The number of fused-ring (bicyclic) bond motifs is 1. The molecule has 2 aromatic rings. The third-order valence-corrected chi connectivity index (χ3v) is 2.42. The Morgan fingerprint density at radius 2 is 2.11 bits per heavy atom. The zero-order valence-electron chi connectivity index (χ0n) is 10.9. The predicted molar refractivity (Wildman–Crippen MR) is 67.8 cm³/mol. The quantitative estimate of drug-likeness (QED) is 0.778. The zero-order valence-corrected chi connectivity index (χ0v) is 10.9. The minimum Gasteiger partial charge on any atom is -0.506 e. The van der Waals surface area contributed by atoms with Gasteiger partial charge in [-0.2, -0.15) is 0 Å². The lowest BCUT2D eigenvalue weighted by Crippen LogP contribution is -2.26. The van der Waals surface area contributed by atoms with Gasteiger partial charge < -0.3 is 9.84 Å². The number of carbonyl (C=O) groups excluding carboxylic acids is 1. The highest BCUT2D eigenvalue weighted by Gasteiger charge is 2.20. The van der Waals surface area contributed by atoms with Crippen molar-refractivity contribution in [3.05, 3.63) is 24.0 Å². The van der Waals surface area contributed by atoms with Crippen molar-refractivity contribution in [1.82, 2.24) is 9.55 Å². The van der Waals surface area contributed by atoms with Crippen LogP contribution >= 0.6 is 0 Å². The highest BCUT2D eigenvalue weighted by Crippen LogP contribution is 2.23. The van der Waals surface area contributed by atoms with Crippen molar-refractivity contribution in [3.8, 4) is 5.75 Å². The fraction of sp³-hybridized carbons (Fsp3) is 0.385. The maximum atomic E-state index is 12.0. The first kappa shape index (κ1) is 12.4. The van der Waals surface area contributed by atoms with E-state index in [0.717, 1.165) is 10.9 Å². The molecule has 0 saturated carbocycles. The highest BCUT2D eigenvalue weighted by atomic mass is 16.6. The third kappa shape index (κ3) is 2.30. The lowest BCUT2D eigenvalue weighted by Gasteiger charge is -2.19. The van der Waals surface area contributed by atoms with Crippen LogP contribution in [-0.4, -0.2) is 26.4 Å². The van der Waals surface area contributed by atoms with Gasteiger partial charge >= 0.3 is 6.09 Å². The zero-order chi connectivity index (χ0) is 13.5. The molecular formula is C13H16N2O3. The average molecular weight is 248 g/mol. The standard InChI is InChI=1S/C13H16N2O3/c1-8-7-15(12(17)18-13(2,3)4)11-10(8)5-9(16)6-14-11/h5-7,16H,1-4H3. The molecule has 18 heavy (non-hydrogen) atoms. The van der Waals surface area contributed by atoms with E-state index in [1.807, 2.05) is 27.7 Å². The Balaban J connectivity index is 2.49. The van der Waals surface area contributed by atoms with Crippen LogP contribution in [0.3, 0.4) is 0 Å². The Kier molecular flexibility index (Phi) is 2.77. The number of pyridine rings is 1. The molecule has 0 saturated heterocycles. The summed E-state index contributed by atoms with van der Waals surface area (Å²) in [5.74, 6) is 0.0764. The minimum absolute atomic E-state index is 0.0764. The van der Waals surface area contributed by atoms with E-state index in [1.165, 1.54) is 10.8 Å². The molecule has 0 aliphatic heterocycles. The summed E-state index contributed by atoms with van der Waals surface area (Å²) >= 11 is 0. The first-order valence-corrected chi connectivity index (χ1v) is 5.68. The highest BCUT2D eigenvalue weighted by molar-refractivity contribution is 5.89. The van der Waals surface area contributed by atoms with Gasteiger partial charge in [0.25, 0.3) is 0 Å². The van der Waals surface area contributed by atoms with Gasteiger partial charge in [0.1, 0.15) is 17.0 Å². The molecule has 5 heteroatoms. The summed E-state index contributed by atoms with van der Waals surface area (Å²) in [6, 6.07) is 1.58. The van der Waals surface area contributed by atoms with Crippen molar-refractivity contribution in [3.63, 3.8) is 0 Å². The second-order valence-corrected chi connectivity index (χ2v) is 5.23. The Labute approximate surface area is 105 Å². The molecule has 0 aromatic carbocycles. The smallest absolute Gasteiger partial charge is 0.420 e. The molecular weight excluding hydrogens is 232 g/mol. The predicted octanol–water partition coefficient (Wildman–Crippen LogP) is 2.83. The lowest BCUT2D eigenvalue weighted by molar-refractivity contribution is 0.0543. The molecule has 0 amide bonds. The van der Waals surface area contributed by atoms with Gasteiger partial charge in [0.2, 0.25) is 0 Å². The van der Waals surface area contributed by atoms with E-state index in [-0.39, 0.29) is 5.75 Å². The molecule has 2 rings (SSSR count). The molecule has 96 valence electrons. The number of aromatic hydroxyl groups is 1. The van der Waals surface area contributed by atoms with E-state index < -0.39 is 11.7 Å². The molecule has 0 spiro atoms. The van der Waals surface area contributed by atoms with Crippen LogP contribution in [0.4, 0.5) is 4.79 Å². The summed E-state index contributed by atoms with van der Waals surface area (Å²) in [5, 5.41) is 10.1. The monoisotopic (exact) mass is 248 g/mol. The summed E-state index contributed by atoms with van der Waals surface area (Å²) in [5.41, 5.74) is 0.789. The Morgan fingerprint density at radius 3 is 2.72 bits per heavy atom. The maximum Gasteiger partial charge on any atom is 0.420 e. The van der Waals surface area contributed by atoms with Crippen LogP contribution in [0.15, 0.2) is 18.5 Å². The van der Waals surface area contributed by atoms with Gasteiger partial charge in [-0.3, -0.25) is 0 Å². The number of rotatable bonds is 0. The van der Waals surface area contributed by atoms with Crippen LogP contribution < -0.4 is 0 Å². The first-order chi connectivity index (χ1) is 8.28. The molecule has 0 atom stereocenters. The number of aryl methyl sites for hydroxylation is 1. The fourth-order valence-corrected chi connectivity index (χ4v) is 1.70. The Bertz CT molecular complexity index is 608. The number of hydrogen-bond acceptors (Lipinski definition) is 4. The molecule has 1 N–H and O–H groups in total. The lowest BCUT2D eigenvalue weighted by atomic mass is 10.2. The van der Waals surface area contributed by atoms with Gasteiger partial charge in [0.05, 0.1) is 6.20 Å². The van der Waals surface area contributed by atoms with Crippen molar-refractivity contribution in [1.29, 1.82) is 0 Å². The van der Waals surface area contributed by atoms with Crippen LogP contribution in [0, 0.1) is 6.92 Å². The van der Waals surface area contributed by atoms with Crippen LogP contribution in [0.1, 0.15) is 26.3 Å². The van der Waals surface area contributed by atoms with E-state index in [1.54, 1.807) is 12.3 Å². The number of aromatic nitrogens is 2. The van der Waals surface area contributed by atoms with E-state index in [2.05, 4.69) is 4.98 Å². The second kappa shape index (κ2) is 4.01. The Hall–Kier alpha value is -2.04. The molecule has 0 aliphatic rings. The third-order valence-electron chi connectivity index (χ3n) is 2.42. The van der Waals surface area contributed by atoms with Crippen molar-refractivity contribution in [2.24, 2.45) is 0 Å². The van der Waals surface area contributed by atoms with Gasteiger partial charge in [-0.05, 0) is 39.3 Å². The van der Waals surface area contributed by atoms with Crippen LogP contribution in [-0.2, 0) is 4.74 Å². The van der Waals surface area contributed by atoms with E-state index in [9.17, 15) is 9.90 Å². The largest absolute Gasteiger partial charge is 0.506 e. The summed E-state index contributed by atoms with van der Waals surface area (Å²) in [4.78, 5) is 16.1. The van der Waals surface area contributed by atoms with E-state index >= 15 is 0 Å².